The van der Waals surface area contributed by atoms with Crippen LogP contribution in [0, 0.1) is 17.8 Å². The number of ether oxygens (including phenoxy) is 3. The van der Waals surface area contributed by atoms with Crippen LogP contribution >= 0.6 is 0 Å². The van der Waals surface area contributed by atoms with Crippen LogP contribution in [0.3, 0.4) is 0 Å². The summed E-state index contributed by atoms with van der Waals surface area (Å²) in [6.07, 6.45) is 53.8. The summed E-state index contributed by atoms with van der Waals surface area (Å²) in [5, 5.41) is 0. The van der Waals surface area contributed by atoms with E-state index in [1.165, 1.54) is 212 Å². The van der Waals surface area contributed by atoms with Gasteiger partial charge in [-0.2, -0.15) is 0 Å². The third-order valence-electron chi connectivity index (χ3n) is 14.0. The average molecular weight is 934 g/mol. The molecule has 0 N–H and O–H groups in total. The van der Waals surface area contributed by atoms with E-state index in [-0.39, 0.29) is 31.1 Å². The van der Waals surface area contributed by atoms with Gasteiger partial charge >= 0.3 is 17.9 Å². The van der Waals surface area contributed by atoms with E-state index in [4.69, 9.17) is 14.2 Å². The standard InChI is InChI=1S/C60H116O6/c1-7-56(6)48-42-36-30-26-27-33-39-45-51-60(63)66-57(53-65-59(62)50-44-38-32-25-21-17-13-12-15-19-23-29-35-41-47-55(4)5)52-64-58(61)49-43-37-31-24-20-16-11-9-8-10-14-18-22-28-34-40-46-54(2)3/h54-57H,7-53H2,1-6H3/t56?,57-/m1/s1. The summed E-state index contributed by atoms with van der Waals surface area (Å²) >= 11 is 0. The van der Waals surface area contributed by atoms with E-state index in [1.54, 1.807) is 0 Å². The van der Waals surface area contributed by atoms with Crippen LogP contribution in [-0.2, 0) is 28.6 Å². The first-order valence-electron chi connectivity index (χ1n) is 29.6. The van der Waals surface area contributed by atoms with Gasteiger partial charge in [-0.15, -0.1) is 0 Å². The number of carbonyl (C=O) groups excluding carboxylic acids is 3. The molecule has 66 heavy (non-hydrogen) atoms. The minimum atomic E-state index is -0.764. The van der Waals surface area contributed by atoms with E-state index in [0.717, 1.165) is 75.5 Å². The van der Waals surface area contributed by atoms with Crippen molar-refractivity contribution in [1.82, 2.24) is 0 Å². The van der Waals surface area contributed by atoms with E-state index in [0.29, 0.717) is 19.3 Å². The molecule has 0 amide bonds. The third kappa shape index (κ3) is 51.8. The molecule has 1 unspecified atom stereocenters. The van der Waals surface area contributed by atoms with Crippen LogP contribution in [0.25, 0.3) is 0 Å². The fraction of sp³-hybridized carbons (Fsp3) is 0.950. The molecule has 0 saturated carbocycles. The number of carbonyl (C=O) groups is 3. The summed E-state index contributed by atoms with van der Waals surface area (Å²) in [6.45, 7) is 13.8. The van der Waals surface area contributed by atoms with Gasteiger partial charge in [-0.3, -0.25) is 14.4 Å². The lowest BCUT2D eigenvalue weighted by atomic mass is 9.99. The molecule has 392 valence electrons. The first-order chi connectivity index (χ1) is 32.1. The maximum Gasteiger partial charge on any atom is 0.306 e. The van der Waals surface area contributed by atoms with Crippen molar-refractivity contribution in [1.29, 1.82) is 0 Å². The summed E-state index contributed by atoms with van der Waals surface area (Å²) in [5.74, 6) is 1.70. The van der Waals surface area contributed by atoms with Gasteiger partial charge in [0.05, 0.1) is 0 Å². The van der Waals surface area contributed by atoms with Crippen LogP contribution in [0.2, 0.25) is 0 Å². The highest BCUT2D eigenvalue weighted by Crippen LogP contribution is 2.19. The summed E-state index contributed by atoms with van der Waals surface area (Å²) in [7, 11) is 0. The Labute approximate surface area is 412 Å². The minimum Gasteiger partial charge on any atom is -0.462 e. The monoisotopic (exact) mass is 933 g/mol. The topological polar surface area (TPSA) is 78.9 Å². The molecule has 0 fully saturated rings. The Balaban J connectivity index is 4.26. The van der Waals surface area contributed by atoms with Crippen molar-refractivity contribution in [2.24, 2.45) is 17.8 Å². The lowest BCUT2D eigenvalue weighted by molar-refractivity contribution is -0.167. The van der Waals surface area contributed by atoms with Crippen molar-refractivity contribution in [3.8, 4) is 0 Å². The largest absolute Gasteiger partial charge is 0.462 e. The molecule has 0 heterocycles. The van der Waals surface area contributed by atoms with E-state index >= 15 is 0 Å². The van der Waals surface area contributed by atoms with Gasteiger partial charge < -0.3 is 14.2 Å². The molecule has 0 aliphatic carbocycles. The maximum absolute atomic E-state index is 12.8. The average Bonchev–Trinajstić information content (AvgIpc) is 3.29. The number of rotatable bonds is 53. The Morgan fingerprint density at radius 1 is 0.303 bits per heavy atom. The molecule has 6 nitrogen and oxygen atoms in total. The molecular formula is C60H116O6. The Hall–Kier alpha value is -1.59. The lowest BCUT2D eigenvalue weighted by Gasteiger charge is -2.18. The Bertz CT molecular complexity index is 1020. The normalized spacial score (nSPS) is 12.5. The number of unbranched alkanes of at least 4 members (excludes halogenated alkanes) is 35. The molecule has 0 saturated heterocycles. The number of esters is 3. The fourth-order valence-corrected chi connectivity index (χ4v) is 9.14. The second kappa shape index (κ2) is 51.3. The second-order valence-corrected chi connectivity index (χ2v) is 21.8. The molecule has 0 aromatic carbocycles. The van der Waals surface area contributed by atoms with Crippen LogP contribution in [0.1, 0.15) is 330 Å². The third-order valence-corrected chi connectivity index (χ3v) is 14.0. The van der Waals surface area contributed by atoms with Crippen LogP contribution in [0.15, 0.2) is 0 Å². The summed E-state index contributed by atoms with van der Waals surface area (Å²) in [4.78, 5) is 38.2. The molecule has 0 aliphatic rings. The van der Waals surface area contributed by atoms with E-state index in [1.807, 2.05) is 0 Å². The highest BCUT2D eigenvalue weighted by atomic mass is 16.6. The van der Waals surface area contributed by atoms with Crippen molar-refractivity contribution in [3.63, 3.8) is 0 Å². The zero-order valence-electron chi connectivity index (χ0n) is 45.5. The van der Waals surface area contributed by atoms with E-state index in [9.17, 15) is 14.4 Å². The van der Waals surface area contributed by atoms with Gasteiger partial charge in [0.25, 0.3) is 0 Å². The molecule has 0 aromatic rings. The van der Waals surface area contributed by atoms with Crippen LogP contribution in [0.4, 0.5) is 0 Å². The van der Waals surface area contributed by atoms with Gasteiger partial charge in [-0.25, -0.2) is 0 Å². The van der Waals surface area contributed by atoms with Crippen molar-refractivity contribution < 1.29 is 28.6 Å². The van der Waals surface area contributed by atoms with Gasteiger partial charge in [0.2, 0.25) is 0 Å². The Morgan fingerprint density at radius 3 is 0.788 bits per heavy atom. The Morgan fingerprint density at radius 2 is 0.530 bits per heavy atom. The molecule has 0 bridgehead atoms. The predicted octanol–water partition coefficient (Wildman–Crippen LogP) is 19.5. The number of hydrogen-bond donors (Lipinski definition) is 0. The maximum atomic E-state index is 12.8. The van der Waals surface area contributed by atoms with Gasteiger partial charge in [0.15, 0.2) is 6.10 Å². The van der Waals surface area contributed by atoms with Gasteiger partial charge in [-0.1, -0.05) is 292 Å². The Kier molecular flexibility index (Phi) is 50.0. The summed E-state index contributed by atoms with van der Waals surface area (Å²) in [5.41, 5.74) is 0. The molecule has 0 rings (SSSR count). The molecular weight excluding hydrogens is 817 g/mol. The molecule has 6 heteroatoms. The summed E-state index contributed by atoms with van der Waals surface area (Å²) < 4.78 is 16.9. The SMILES string of the molecule is CCC(C)CCCCCCCCCCC(=O)O[C@H](COC(=O)CCCCCCCCCCCCCCCCCCC(C)C)COC(=O)CCCCCCCCCCCCCCCCC(C)C. The molecule has 0 spiro atoms. The molecule has 0 radical (unpaired) electrons. The predicted molar refractivity (Wildman–Crippen MR) is 284 cm³/mol. The van der Waals surface area contributed by atoms with Gasteiger partial charge in [0, 0.05) is 19.3 Å². The van der Waals surface area contributed by atoms with Crippen molar-refractivity contribution in [2.45, 2.75) is 337 Å². The zero-order valence-corrected chi connectivity index (χ0v) is 45.5. The van der Waals surface area contributed by atoms with E-state index in [2.05, 4.69) is 41.5 Å². The van der Waals surface area contributed by atoms with Crippen LogP contribution in [0.5, 0.6) is 0 Å². The first-order valence-corrected chi connectivity index (χ1v) is 29.6. The van der Waals surface area contributed by atoms with Gasteiger partial charge in [-0.05, 0) is 37.0 Å². The minimum absolute atomic E-state index is 0.0637. The van der Waals surface area contributed by atoms with E-state index < -0.39 is 6.10 Å². The molecule has 0 aliphatic heterocycles. The zero-order chi connectivity index (χ0) is 48.4. The molecule has 0 aromatic heterocycles. The van der Waals surface area contributed by atoms with Crippen molar-refractivity contribution in [2.75, 3.05) is 13.2 Å². The van der Waals surface area contributed by atoms with Crippen LogP contribution in [-0.4, -0.2) is 37.2 Å². The van der Waals surface area contributed by atoms with Gasteiger partial charge in [0.1, 0.15) is 13.2 Å². The van der Waals surface area contributed by atoms with Crippen molar-refractivity contribution in [3.05, 3.63) is 0 Å². The first kappa shape index (κ1) is 64.4. The second-order valence-electron chi connectivity index (χ2n) is 21.8. The fourth-order valence-electron chi connectivity index (χ4n) is 9.14. The quantitative estimate of drug-likeness (QED) is 0.0343. The smallest absolute Gasteiger partial charge is 0.306 e. The number of hydrogen-bond acceptors (Lipinski definition) is 6. The summed E-state index contributed by atoms with van der Waals surface area (Å²) in [6, 6.07) is 0. The lowest BCUT2D eigenvalue weighted by Crippen LogP contribution is -2.30. The molecule has 2 atom stereocenters. The van der Waals surface area contributed by atoms with Crippen LogP contribution < -0.4 is 0 Å². The van der Waals surface area contributed by atoms with Crippen molar-refractivity contribution >= 4 is 17.9 Å². The highest BCUT2D eigenvalue weighted by molar-refractivity contribution is 5.71. The highest BCUT2D eigenvalue weighted by Gasteiger charge is 2.19.